The molecular weight excluding hydrogens is 404 g/mol. The fourth-order valence-corrected chi connectivity index (χ4v) is 3.07. The zero-order valence-corrected chi connectivity index (χ0v) is 17.0. The summed E-state index contributed by atoms with van der Waals surface area (Å²) in [6.45, 7) is 2.77. The van der Waals surface area contributed by atoms with Crippen LogP contribution in [0.4, 0.5) is 0 Å². The number of benzene rings is 2. The molecule has 30 heavy (non-hydrogen) atoms. The van der Waals surface area contributed by atoms with Crippen LogP contribution < -0.4 is 14.8 Å². The fourth-order valence-electron chi connectivity index (χ4n) is 2.89. The second-order valence-electron chi connectivity index (χ2n) is 6.46. The summed E-state index contributed by atoms with van der Waals surface area (Å²) >= 11 is 5.97. The predicted molar refractivity (Wildman–Crippen MR) is 114 cm³/mol. The summed E-state index contributed by atoms with van der Waals surface area (Å²) in [4.78, 5) is 16.7. The van der Waals surface area contributed by atoms with Crippen molar-refractivity contribution in [3.63, 3.8) is 0 Å². The molecule has 0 saturated heterocycles. The Balaban J connectivity index is 1.38. The second kappa shape index (κ2) is 8.88. The van der Waals surface area contributed by atoms with Gasteiger partial charge in [0.1, 0.15) is 5.58 Å². The van der Waals surface area contributed by atoms with E-state index < -0.39 is 0 Å². The molecule has 4 aromatic rings. The molecule has 0 aliphatic rings. The summed E-state index contributed by atoms with van der Waals surface area (Å²) in [5, 5.41) is 4.19. The van der Waals surface area contributed by atoms with Gasteiger partial charge in [0.25, 0.3) is 5.91 Å². The van der Waals surface area contributed by atoms with E-state index in [9.17, 15) is 4.79 Å². The summed E-state index contributed by atoms with van der Waals surface area (Å²) in [6.07, 6.45) is 1.65. The van der Waals surface area contributed by atoms with E-state index in [0.717, 1.165) is 10.9 Å². The topological polar surface area (TPSA) is 73.6 Å². The molecule has 4 rings (SSSR count). The molecule has 2 aromatic heterocycles. The van der Waals surface area contributed by atoms with Gasteiger partial charge in [-0.25, -0.2) is 4.98 Å². The Morgan fingerprint density at radius 3 is 2.70 bits per heavy atom. The maximum Gasteiger partial charge on any atom is 0.287 e. The van der Waals surface area contributed by atoms with Crippen molar-refractivity contribution in [2.24, 2.45) is 0 Å². The highest BCUT2D eigenvalue weighted by molar-refractivity contribution is 6.31. The number of aromatic nitrogens is 1. The highest BCUT2D eigenvalue weighted by atomic mass is 35.5. The largest absolute Gasteiger partial charge is 0.490 e. The van der Waals surface area contributed by atoms with E-state index in [2.05, 4.69) is 10.3 Å². The van der Waals surface area contributed by atoms with E-state index in [4.69, 9.17) is 25.5 Å². The fraction of sp³-hybridized carbons (Fsp3) is 0.130. The van der Waals surface area contributed by atoms with Crippen molar-refractivity contribution in [3.05, 3.63) is 83.2 Å². The van der Waals surface area contributed by atoms with E-state index in [1.165, 1.54) is 0 Å². The Hall–Kier alpha value is -3.51. The zero-order chi connectivity index (χ0) is 20.9. The van der Waals surface area contributed by atoms with Gasteiger partial charge in [-0.3, -0.25) is 4.79 Å². The molecule has 0 bridgehead atoms. The van der Waals surface area contributed by atoms with Crippen LogP contribution in [0.2, 0.25) is 5.02 Å². The first-order valence-electron chi connectivity index (χ1n) is 9.44. The average molecular weight is 423 g/mol. The molecule has 0 aliphatic heterocycles. The minimum Gasteiger partial charge on any atom is -0.490 e. The smallest absolute Gasteiger partial charge is 0.287 e. The van der Waals surface area contributed by atoms with Crippen LogP contribution in [0.1, 0.15) is 23.0 Å². The highest BCUT2D eigenvalue weighted by Crippen LogP contribution is 2.30. The van der Waals surface area contributed by atoms with Crippen LogP contribution in [0, 0.1) is 0 Å². The molecule has 0 aliphatic carbocycles. The lowest BCUT2D eigenvalue weighted by Gasteiger charge is -2.11. The van der Waals surface area contributed by atoms with Crippen molar-refractivity contribution in [2.75, 3.05) is 6.61 Å². The van der Waals surface area contributed by atoms with Crippen LogP contribution in [0.25, 0.3) is 11.0 Å². The Kier molecular flexibility index (Phi) is 5.86. The molecule has 0 unspecified atom stereocenters. The average Bonchev–Trinajstić information content (AvgIpc) is 3.18. The number of ether oxygens (including phenoxy) is 2. The van der Waals surface area contributed by atoms with Gasteiger partial charge in [0.2, 0.25) is 5.88 Å². The number of halogens is 1. The number of furan rings is 1. The van der Waals surface area contributed by atoms with Crippen molar-refractivity contribution in [2.45, 2.75) is 13.5 Å². The molecule has 0 saturated carbocycles. The lowest BCUT2D eigenvalue weighted by molar-refractivity contribution is 0.0925. The van der Waals surface area contributed by atoms with Crippen LogP contribution in [0.15, 0.2) is 71.3 Å². The lowest BCUT2D eigenvalue weighted by atomic mass is 10.2. The normalized spacial score (nSPS) is 10.7. The third kappa shape index (κ3) is 4.55. The summed E-state index contributed by atoms with van der Waals surface area (Å²) < 4.78 is 16.9. The van der Waals surface area contributed by atoms with Gasteiger partial charge < -0.3 is 19.2 Å². The summed E-state index contributed by atoms with van der Waals surface area (Å²) in [7, 11) is 0. The first-order chi connectivity index (χ1) is 14.6. The highest BCUT2D eigenvalue weighted by Gasteiger charge is 2.12. The molecule has 1 N–H and O–H groups in total. The maximum atomic E-state index is 12.4. The summed E-state index contributed by atoms with van der Waals surface area (Å²) in [5.74, 6) is 1.61. The number of amides is 1. The van der Waals surface area contributed by atoms with Crippen LogP contribution in [-0.4, -0.2) is 17.5 Å². The van der Waals surface area contributed by atoms with Crippen LogP contribution in [0.5, 0.6) is 17.4 Å². The van der Waals surface area contributed by atoms with E-state index in [1.807, 2.05) is 37.3 Å². The number of rotatable bonds is 7. The third-order valence-electron chi connectivity index (χ3n) is 4.32. The molecule has 0 atom stereocenters. The van der Waals surface area contributed by atoms with Crippen molar-refractivity contribution < 1.29 is 18.7 Å². The number of pyridine rings is 1. The molecule has 2 heterocycles. The monoisotopic (exact) mass is 422 g/mol. The van der Waals surface area contributed by atoms with E-state index >= 15 is 0 Å². The molecule has 152 valence electrons. The van der Waals surface area contributed by atoms with Gasteiger partial charge in [0.05, 0.1) is 6.61 Å². The summed E-state index contributed by atoms with van der Waals surface area (Å²) in [6, 6.07) is 17.9. The molecule has 7 heteroatoms. The van der Waals surface area contributed by atoms with Crippen LogP contribution in [-0.2, 0) is 6.54 Å². The Morgan fingerprint density at radius 1 is 1.10 bits per heavy atom. The number of fused-ring (bicyclic) bond motifs is 1. The lowest BCUT2D eigenvalue weighted by Crippen LogP contribution is -2.22. The Morgan fingerprint density at radius 2 is 1.93 bits per heavy atom. The van der Waals surface area contributed by atoms with Crippen LogP contribution >= 0.6 is 11.6 Å². The van der Waals surface area contributed by atoms with Gasteiger partial charge in [-0.05, 0) is 48.9 Å². The van der Waals surface area contributed by atoms with E-state index in [-0.39, 0.29) is 11.7 Å². The number of nitrogens with one attached hydrogen (secondary N) is 1. The number of hydrogen-bond acceptors (Lipinski definition) is 5. The van der Waals surface area contributed by atoms with Crippen LogP contribution in [0.3, 0.4) is 0 Å². The second-order valence-corrected chi connectivity index (χ2v) is 6.90. The number of nitrogens with zero attached hydrogens (tertiary/aromatic N) is 1. The molecule has 0 radical (unpaired) electrons. The van der Waals surface area contributed by atoms with E-state index in [0.29, 0.717) is 41.1 Å². The quantitative estimate of drug-likeness (QED) is 0.419. The van der Waals surface area contributed by atoms with Gasteiger partial charge in [0.15, 0.2) is 17.3 Å². The van der Waals surface area contributed by atoms with Crippen molar-refractivity contribution in [1.82, 2.24) is 10.3 Å². The number of carbonyl (C=O) groups is 1. The minimum absolute atomic E-state index is 0.229. The first-order valence-corrected chi connectivity index (χ1v) is 9.82. The molecule has 0 fully saturated rings. The van der Waals surface area contributed by atoms with Gasteiger partial charge in [0, 0.05) is 29.2 Å². The minimum atomic E-state index is -0.312. The molecule has 6 nitrogen and oxygen atoms in total. The molecular formula is C23H19ClN2O4. The predicted octanol–water partition coefficient (Wildman–Crippen LogP) is 5.60. The Labute approximate surface area is 178 Å². The maximum absolute atomic E-state index is 12.4. The molecule has 2 aromatic carbocycles. The SMILES string of the molecule is CCOc1ccccc1Oc1ccc(CNC(=O)c2cc3cc(Cl)ccc3o2)cn1. The van der Waals surface area contributed by atoms with Crippen molar-refractivity contribution >= 4 is 28.5 Å². The Bertz CT molecular complexity index is 1170. The molecule has 0 spiro atoms. The van der Waals surface area contributed by atoms with Crippen molar-refractivity contribution in [3.8, 4) is 17.4 Å². The number of para-hydroxylation sites is 2. The van der Waals surface area contributed by atoms with Gasteiger partial charge in [-0.2, -0.15) is 0 Å². The standard InChI is InChI=1S/C23H19ClN2O4/c1-2-28-19-5-3-4-6-20(19)30-22-10-7-15(13-25-22)14-26-23(27)21-12-16-11-17(24)8-9-18(16)29-21/h3-13H,2,14H2,1H3,(H,26,27). The summed E-state index contributed by atoms with van der Waals surface area (Å²) in [5.41, 5.74) is 1.44. The number of carbonyl (C=O) groups excluding carboxylic acids is 1. The zero-order valence-electron chi connectivity index (χ0n) is 16.2. The van der Waals surface area contributed by atoms with Gasteiger partial charge in [-0.15, -0.1) is 0 Å². The first kappa shape index (κ1) is 19.8. The number of hydrogen-bond donors (Lipinski definition) is 1. The van der Waals surface area contributed by atoms with Gasteiger partial charge in [-0.1, -0.05) is 29.8 Å². The van der Waals surface area contributed by atoms with Crippen molar-refractivity contribution in [1.29, 1.82) is 0 Å². The van der Waals surface area contributed by atoms with E-state index in [1.54, 1.807) is 36.5 Å². The third-order valence-corrected chi connectivity index (χ3v) is 4.55. The van der Waals surface area contributed by atoms with Gasteiger partial charge >= 0.3 is 0 Å². The molecule has 1 amide bonds.